The summed E-state index contributed by atoms with van der Waals surface area (Å²) in [5, 5.41) is 7.74. The van der Waals surface area contributed by atoms with Crippen LogP contribution in [0.1, 0.15) is 18.9 Å². The summed E-state index contributed by atoms with van der Waals surface area (Å²) < 4.78 is 8.15. The number of hydrogen-bond donors (Lipinski definition) is 0. The Bertz CT molecular complexity index is 574. The molecule has 2 aromatic rings. The van der Waals surface area contributed by atoms with Crippen molar-refractivity contribution in [3.05, 3.63) is 31.1 Å². The van der Waals surface area contributed by atoms with Crippen molar-refractivity contribution in [2.24, 2.45) is 0 Å². The molecule has 1 spiro atoms. The van der Waals surface area contributed by atoms with Gasteiger partial charge in [0.25, 0.3) is 0 Å². The van der Waals surface area contributed by atoms with Crippen LogP contribution in [0.5, 0.6) is 0 Å². The number of ether oxygens (including phenoxy) is 1. The molecule has 2 aliphatic rings. The van der Waals surface area contributed by atoms with Gasteiger partial charge in [-0.3, -0.25) is 0 Å². The van der Waals surface area contributed by atoms with Gasteiger partial charge in [0.05, 0.1) is 24.8 Å². The molecule has 2 aliphatic heterocycles. The Labute approximate surface area is 116 Å². The standard InChI is InChI=1S/C13H16N6O/c1-3-14-12(15-4-1)18-5-2-13(8-18)6-11(7-20-13)19-9-16-17-10-19/h1,3-4,9-11H,2,5-8H2. The van der Waals surface area contributed by atoms with Crippen molar-refractivity contribution in [2.75, 3.05) is 24.6 Å². The number of anilines is 1. The molecule has 4 heterocycles. The molecule has 7 heteroatoms. The average molecular weight is 272 g/mol. The molecule has 0 N–H and O–H groups in total. The first kappa shape index (κ1) is 11.8. The first-order valence-electron chi connectivity index (χ1n) is 6.85. The van der Waals surface area contributed by atoms with Crippen molar-refractivity contribution in [1.29, 1.82) is 0 Å². The van der Waals surface area contributed by atoms with E-state index in [1.165, 1.54) is 0 Å². The molecule has 0 aliphatic carbocycles. The Kier molecular flexibility index (Phi) is 2.66. The van der Waals surface area contributed by atoms with Gasteiger partial charge in [-0.15, -0.1) is 10.2 Å². The molecule has 20 heavy (non-hydrogen) atoms. The molecule has 0 amide bonds. The predicted octanol–water partition coefficient (Wildman–Crippen LogP) is 0.679. The van der Waals surface area contributed by atoms with Crippen LogP contribution >= 0.6 is 0 Å². The molecule has 0 saturated carbocycles. The maximum Gasteiger partial charge on any atom is 0.225 e. The molecule has 2 aromatic heterocycles. The third-order valence-corrected chi connectivity index (χ3v) is 4.20. The van der Waals surface area contributed by atoms with E-state index in [0.29, 0.717) is 6.04 Å². The van der Waals surface area contributed by atoms with Gasteiger partial charge in [0.15, 0.2) is 0 Å². The second-order valence-corrected chi connectivity index (χ2v) is 5.48. The lowest BCUT2D eigenvalue weighted by molar-refractivity contribution is 0.0219. The van der Waals surface area contributed by atoms with Crippen LogP contribution in [0.2, 0.25) is 0 Å². The number of rotatable bonds is 2. The van der Waals surface area contributed by atoms with Crippen molar-refractivity contribution in [2.45, 2.75) is 24.5 Å². The van der Waals surface area contributed by atoms with Gasteiger partial charge in [0.1, 0.15) is 12.7 Å². The summed E-state index contributed by atoms with van der Waals surface area (Å²) in [6.07, 6.45) is 9.10. The minimum absolute atomic E-state index is 0.0753. The summed E-state index contributed by atoms with van der Waals surface area (Å²) in [6.45, 7) is 2.52. The second-order valence-electron chi connectivity index (χ2n) is 5.48. The fraction of sp³-hybridized carbons (Fsp3) is 0.538. The molecular formula is C13H16N6O. The maximum absolute atomic E-state index is 6.12. The van der Waals surface area contributed by atoms with Crippen molar-refractivity contribution in [3.8, 4) is 0 Å². The van der Waals surface area contributed by atoms with E-state index in [4.69, 9.17) is 4.74 Å². The zero-order valence-electron chi connectivity index (χ0n) is 11.1. The largest absolute Gasteiger partial charge is 0.371 e. The van der Waals surface area contributed by atoms with E-state index in [2.05, 4.69) is 25.1 Å². The van der Waals surface area contributed by atoms with E-state index in [9.17, 15) is 0 Å². The van der Waals surface area contributed by atoms with Gasteiger partial charge >= 0.3 is 0 Å². The zero-order chi connectivity index (χ0) is 13.4. The SMILES string of the molecule is c1cnc(N2CCC3(CC(n4cnnc4)CO3)C2)nc1. The molecule has 0 aromatic carbocycles. The molecule has 7 nitrogen and oxygen atoms in total. The van der Waals surface area contributed by atoms with Gasteiger partial charge < -0.3 is 14.2 Å². The quantitative estimate of drug-likeness (QED) is 0.800. The third kappa shape index (κ3) is 1.94. The monoisotopic (exact) mass is 272 g/mol. The highest BCUT2D eigenvalue weighted by Gasteiger charge is 2.46. The predicted molar refractivity (Wildman–Crippen MR) is 71.2 cm³/mol. The lowest BCUT2D eigenvalue weighted by Gasteiger charge is -2.23. The van der Waals surface area contributed by atoms with Gasteiger partial charge in [-0.1, -0.05) is 0 Å². The van der Waals surface area contributed by atoms with Crippen LogP contribution in [0.4, 0.5) is 5.95 Å². The van der Waals surface area contributed by atoms with E-state index in [0.717, 1.165) is 38.5 Å². The van der Waals surface area contributed by atoms with Crippen molar-refractivity contribution in [3.63, 3.8) is 0 Å². The summed E-state index contributed by atoms with van der Waals surface area (Å²) in [7, 11) is 0. The van der Waals surface area contributed by atoms with E-state index >= 15 is 0 Å². The molecule has 0 bridgehead atoms. The molecule has 104 valence electrons. The van der Waals surface area contributed by atoms with E-state index in [1.807, 2.05) is 10.6 Å². The topological polar surface area (TPSA) is 69.0 Å². The highest BCUT2D eigenvalue weighted by molar-refractivity contribution is 5.32. The van der Waals surface area contributed by atoms with Crippen LogP contribution in [-0.2, 0) is 4.74 Å². The lowest BCUT2D eigenvalue weighted by Crippen LogP contribution is -2.33. The molecule has 2 saturated heterocycles. The Morgan fingerprint density at radius 3 is 2.80 bits per heavy atom. The fourth-order valence-corrected chi connectivity index (χ4v) is 3.16. The molecule has 2 fully saturated rings. The summed E-state index contributed by atoms with van der Waals surface area (Å²) in [5.74, 6) is 0.792. The summed E-state index contributed by atoms with van der Waals surface area (Å²) in [5.41, 5.74) is -0.0753. The van der Waals surface area contributed by atoms with Crippen LogP contribution in [0.3, 0.4) is 0 Å². The average Bonchev–Trinajstić information content (AvgIpc) is 3.22. The van der Waals surface area contributed by atoms with Crippen molar-refractivity contribution in [1.82, 2.24) is 24.7 Å². The van der Waals surface area contributed by atoms with Gasteiger partial charge in [-0.2, -0.15) is 0 Å². The normalized spacial score (nSPS) is 29.4. The first-order valence-corrected chi connectivity index (χ1v) is 6.85. The van der Waals surface area contributed by atoms with Gasteiger partial charge in [0, 0.05) is 25.4 Å². The molecule has 0 radical (unpaired) electrons. The molecule has 4 rings (SSSR count). The van der Waals surface area contributed by atoms with Gasteiger partial charge in [0.2, 0.25) is 5.95 Å². The van der Waals surface area contributed by atoms with Crippen molar-refractivity contribution >= 4 is 5.95 Å². The van der Waals surface area contributed by atoms with E-state index in [-0.39, 0.29) is 5.60 Å². The zero-order valence-corrected chi connectivity index (χ0v) is 11.1. The van der Waals surface area contributed by atoms with Crippen LogP contribution in [0, 0.1) is 0 Å². The van der Waals surface area contributed by atoms with Gasteiger partial charge in [-0.05, 0) is 12.5 Å². The first-order chi connectivity index (χ1) is 9.85. The van der Waals surface area contributed by atoms with Crippen LogP contribution in [0.15, 0.2) is 31.1 Å². The van der Waals surface area contributed by atoms with E-state index in [1.54, 1.807) is 25.0 Å². The molecular weight excluding hydrogens is 256 g/mol. The summed E-state index contributed by atoms with van der Waals surface area (Å²) >= 11 is 0. The fourth-order valence-electron chi connectivity index (χ4n) is 3.16. The van der Waals surface area contributed by atoms with Gasteiger partial charge in [-0.25, -0.2) is 9.97 Å². The highest BCUT2D eigenvalue weighted by atomic mass is 16.5. The minimum Gasteiger partial charge on any atom is -0.371 e. The smallest absolute Gasteiger partial charge is 0.225 e. The number of aromatic nitrogens is 5. The van der Waals surface area contributed by atoms with Crippen LogP contribution in [0.25, 0.3) is 0 Å². The van der Waals surface area contributed by atoms with E-state index < -0.39 is 0 Å². The number of nitrogens with zero attached hydrogens (tertiary/aromatic N) is 6. The third-order valence-electron chi connectivity index (χ3n) is 4.20. The Morgan fingerprint density at radius 2 is 2.00 bits per heavy atom. The Morgan fingerprint density at radius 1 is 1.20 bits per heavy atom. The summed E-state index contributed by atoms with van der Waals surface area (Å²) in [6, 6.07) is 2.17. The highest BCUT2D eigenvalue weighted by Crippen LogP contribution is 2.40. The lowest BCUT2D eigenvalue weighted by atomic mass is 9.97. The summed E-state index contributed by atoms with van der Waals surface area (Å²) in [4.78, 5) is 10.8. The minimum atomic E-state index is -0.0753. The maximum atomic E-state index is 6.12. The Balaban J connectivity index is 1.48. The van der Waals surface area contributed by atoms with Crippen molar-refractivity contribution < 1.29 is 4.74 Å². The molecule has 2 unspecified atom stereocenters. The number of hydrogen-bond acceptors (Lipinski definition) is 6. The van der Waals surface area contributed by atoms with Crippen LogP contribution < -0.4 is 4.90 Å². The Hall–Kier alpha value is -2.02. The van der Waals surface area contributed by atoms with Crippen LogP contribution in [-0.4, -0.2) is 50.0 Å². The second kappa shape index (κ2) is 4.52. The molecule has 2 atom stereocenters.